The Hall–Kier alpha value is -0.870. The highest BCUT2D eigenvalue weighted by Crippen LogP contribution is 2.38. The summed E-state index contributed by atoms with van der Waals surface area (Å²) >= 11 is 0. The van der Waals surface area contributed by atoms with Crippen molar-refractivity contribution in [3.05, 3.63) is 17.5 Å². The van der Waals surface area contributed by atoms with Gasteiger partial charge in [-0.1, -0.05) is 0 Å². The van der Waals surface area contributed by atoms with Gasteiger partial charge in [0, 0.05) is 30.3 Å². The first-order chi connectivity index (χ1) is 6.90. The lowest BCUT2D eigenvalue weighted by atomic mass is 9.90. The summed E-state index contributed by atoms with van der Waals surface area (Å²) in [5.74, 6) is 0.559. The van der Waals surface area contributed by atoms with Gasteiger partial charge in [-0.2, -0.15) is 5.10 Å². The minimum absolute atomic E-state index is 0.0769. The minimum atomic E-state index is 0.0769. The fourth-order valence-electron chi connectivity index (χ4n) is 2.59. The standard InChI is InChI=1S/C10H15N3O/c11-4-9-8-5-12-13-3-1-2-7(6-14-9)10(8)13/h5,7,9H,1-4,6,11H2/t7-,9+/m1/s1. The van der Waals surface area contributed by atoms with E-state index < -0.39 is 0 Å². The third-order valence-electron chi connectivity index (χ3n) is 3.28. The van der Waals surface area contributed by atoms with Gasteiger partial charge in [-0.05, 0) is 12.8 Å². The Bertz CT molecular complexity index is 347. The van der Waals surface area contributed by atoms with Gasteiger partial charge in [-0.3, -0.25) is 4.68 Å². The Morgan fingerprint density at radius 1 is 1.64 bits per heavy atom. The van der Waals surface area contributed by atoms with Gasteiger partial charge in [0.25, 0.3) is 0 Å². The number of rotatable bonds is 1. The highest BCUT2D eigenvalue weighted by atomic mass is 16.5. The van der Waals surface area contributed by atoms with E-state index >= 15 is 0 Å². The average molecular weight is 193 g/mol. The quantitative estimate of drug-likeness (QED) is 0.717. The van der Waals surface area contributed by atoms with Crippen LogP contribution in [0.4, 0.5) is 0 Å². The molecule has 0 radical (unpaired) electrons. The number of hydrogen-bond acceptors (Lipinski definition) is 3. The minimum Gasteiger partial charge on any atom is -0.371 e. The molecule has 2 aliphatic rings. The van der Waals surface area contributed by atoms with Crippen molar-refractivity contribution in [1.82, 2.24) is 9.78 Å². The van der Waals surface area contributed by atoms with Crippen molar-refractivity contribution in [2.24, 2.45) is 5.73 Å². The fourth-order valence-corrected chi connectivity index (χ4v) is 2.59. The maximum atomic E-state index is 5.73. The molecule has 4 heteroatoms. The van der Waals surface area contributed by atoms with Crippen LogP contribution >= 0.6 is 0 Å². The van der Waals surface area contributed by atoms with E-state index in [1.54, 1.807) is 0 Å². The molecule has 0 saturated carbocycles. The lowest BCUT2D eigenvalue weighted by molar-refractivity contribution is 0.0262. The molecule has 2 atom stereocenters. The lowest BCUT2D eigenvalue weighted by Crippen LogP contribution is -2.29. The Morgan fingerprint density at radius 2 is 2.57 bits per heavy atom. The molecule has 3 rings (SSSR count). The summed E-state index contributed by atoms with van der Waals surface area (Å²) in [6.45, 7) is 2.44. The van der Waals surface area contributed by atoms with Gasteiger partial charge >= 0.3 is 0 Å². The first-order valence-electron chi connectivity index (χ1n) is 5.27. The van der Waals surface area contributed by atoms with E-state index in [0.717, 1.165) is 13.2 Å². The van der Waals surface area contributed by atoms with Crippen LogP contribution in [-0.4, -0.2) is 22.9 Å². The molecule has 2 aliphatic heterocycles. The SMILES string of the molecule is NC[C@@H]1OC[C@H]2CCCn3ncc1c32. The molecule has 14 heavy (non-hydrogen) atoms. The van der Waals surface area contributed by atoms with Crippen LogP contribution in [0.3, 0.4) is 0 Å². The number of hydrogen-bond donors (Lipinski definition) is 1. The number of aryl methyl sites for hydroxylation is 1. The van der Waals surface area contributed by atoms with E-state index in [0.29, 0.717) is 12.5 Å². The summed E-state index contributed by atoms with van der Waals surface area (Å²) in [6.07, 6.45) is 4.46. The fraction of sp³-hybridized carbons (Fsp3) is 0.700. The van der Waals surface area contributed by atoms with E-state index in [1.165, 1.54) is 24.1 Å². The van der Waals surface area contributed by atoms with Gasteiger partial charge in [0.1, 0.15) is 0 Å². The van der Waals surface area contributed by atoms with Crippen LogP contribution in [-0.2, 0) is 11.3 Å². The van der Waals surface area contributed by atoms with Crippen molar-refractivity contribution < 1.29 is 4.74 Å². The third kappa shape index (κ3) is 1.04. The largest absolute Gasteiger partial charge is 0.371 e. The zero-order valence-corrected chi connectivity index (χ0v) is 8.15. The molecular formula is C10H15N3O. The number of ether oxygens (including phenoxy) is 1. The predicted molar refractivity (Wildman–Crippen MR) is 51.9 cm³/mol. The van der Waals surface area contributed by atoms with Gasteiger partial charge in [0.15, 0.2) is 0 Å². The molecule has 4 nitrogen and oxygen atoms in total. The summed E-state index contributed by atoms with van der Waals surface area (Å²) in [7, 11) is 0. The first kappa shape index (κ1) is 8.44. The second kappa shape index (κ2) is 3.07. The van der Waals surface area contributed by atoms with Crippen molar-refractivity contribution >= 4 is 0 Å². The molecular weight excluding hydrogens is 178 g/mol. The second-order valence-corrected chi connectivity index (χ2v) is 4.11. The molecule has 0 spiro atoms. The summed E-state index contributed by atoms with van der Waals surface area (Å²) in [5.41, 5.74) is 8.28. The zero-order valence-electron chi connectivity index (χ0n) is 8.15. The molecule has 0 aromatic carbocycles. The molecule has 3 heterocycles. The molecule has 2 N–H and O–H groups in total. The molecule has 0 bridgehead atoms. The summed E-state index contributed by atoms with van der Waals surface area (Å²) in [4.78, 5) is 0. The van der Waals surface area contributed by atoms with Crippen LogP contribution in [0.2, 0.25) is 0 Å². The van der Waals surface area contributed by atoms with Crippen LogP contribution in [0.5, 0.6) is 0 Å². The molecule has 1 aromatic heterocycles. The average Bonchev–Trinajstić information content (AvgIpc) is 2.66. The van der Waals surface area contributed by atoms with E-state index in [4.69, 9.17) is 10.5 Å². The van der Waals surface area contributed by atoms with E-state index in [-0.39, 0.29) is 6.10 Å². The van der Waals surface area contributed by atoms with E-state index in [1.807, 2.05) is 6.20 Å². The van der Waals surface area contributed by atoms with Crippen LogP contribution in [0.25, 0.3) is 0 Å². The Morgan fingerprint density at radius 3 is 3.43 bits per heavy atom. The molecule has 0 aliphatic carbocycles. The number of nitrogens with zero attached hydrogens (tertiary/aromatic N) is 2. The van der Waals surface area contributed by atoms with E-state index in [9.17, 15) is 0 Å². The Labute approximate surface area is 83.0 Å². The lowest BCUT2D eigenvalue weighted by Gasteiger charge is -2.32. The summed E-state index contributed by atoms with van der Waals surface area (Å²) < 4.78 is 7.86. The van der Waals surface area contributed by atoms with Crippen molar-refractivity contribution in [3.8, 4) is 0 Å². The summed E-state index contributed by atoms with van der Waals surface area (Å²) in [5, 5.41) is 4.40. The van der Waals surface area contributed by atoms with Crippen molar-refractivity contribution in [3.63, 3.8) is 0 Å². The topological polar surface area (TPSA) is 53.1 Å². The van der Waals surface area contributed by atoms with Gasteiger partial charge in [-0.15, -0.1) is 0 Å². The maximum absolute atomic E-state index is 5.73. The Balaban J connectivity index is 2.08. The summed E-state index contributed by atoms with van der Waals surface area (Å²) in [6, 6.07) is 0. The highest BCUT2D eigenvalue weighted by Gasteiger charge is 2.32. The first-order valence-corrected chi connectivity index (χ1v) is 5.27. The molecule has 0 amide bonds. The number of nitrogens with two attached hydrogens (primary N) is 1. The van der Waals surface area contributed by atoms with Crippen LogP contribution in [0, 0.1) is 0 Å². The molecule has 0 saturated heterocycles. The van der Waals surface area contributed by atoms with E-state index in [2.05, 4.69) is 9.78 Å². The predicted octanol–water partition coefficient (Wildman–Crippen LogP) is 0.790. The van der Waals surface area contributed by atoms with Crippen LogP contribution in [0.1, 0.15) is 36.1 Å². The van der Waals surface area contributed by atoms with Gasteiger partial charge in [0.2, 0.25) is 0 Å². The molecule has 76 valence electrons. The Kier molecular flexibility index (Phi) is 1.85. The molecule has 0 unspecified atom stereocenters. The van der Waals surface area contributed by atoms with Crippen molar-refractivity contribution in [1.29, 1.82) is 0 Å². The smallest absolute Gasteiger partial charge is 0.0980 e. The van der Waals surface area contributed by atoms with Crippen LogP contribution < -0.4 is 5.73 Å². The van der Waals surface area contributed by atoms with Crippen molar-refractivity contribution in [2.45, 2.75) is 31.4 Å². The van der Waals surface area contributed by atoms with Crippen molar-refractivity contribution in [2.75, 3.05) is 13.2 Å². The molecule has 0 fully saturated rings. The monoisotopic (exact) mass is 193 g/mol. The van der Waals surface area contributed by atoms with Gasteiger partial charge in [-0.25, -0.2) is 0 Å². The van der Waals surface area contributed by atoms with Gasteiger partial charge in [0.05, 0.1) is 18.9 Å². The second-order valence-electron chi connectivity index (χ2n) is 4.11. The zero-order chi connectivity index (χ0) is 9.54. The third-order valence-corrected chi connectivity index (χ3v) is 3.28. The van der Waals surface area contributed by atoms with Gasteiger partial charge < -0.3 is 10.5 Å². The molecule has 1 aromatic rings. The maximum Gasteiger partial charge on any atom is 0.0980 e. The number of aromatic nitrogens is 2. The highest BCUT2D eigenvalue weighted by molar-refractivity contribution is 5.28. The normalized spacial score (nSPS) is 30.1. The van der Waals surface area contributed by atoms with Crippen LogP contribution in [0.15, 0.2) is 6.20 Å².